The van der Waals surface area contributed by atoms with Crippen molar-refractivity contribution in [2.24, 2.45) is 0 Å². The van der Waals surface area contributed by atoms with Crippen LogP contribution in [-0.2, 0) is 18.9 Å². The minimum atomic E-state index is -0.624. The van der Waals surface area contributed by atoms with Crippen LogP contribution in [0.4, 0.5) is 14.0 Å². The molecular weight excluding hydrogens is 868 g/mol. The number of piperidine rings is 2. The van der Waals surface area contributed by atoms with Crippen LogP contribution in [0.15, 0.2) is 36.4 Å². The maximum Gasteiger partial charge on any atom is 0.410 e. The molecule has 2 aliphatic rings. The van der Waals surface area contributed by atoms with E-state index in [-0.39, 0.29) is 66.3 Å². The normalized spacial score (nSPS) is 16.5. The van der Waals surface area contributed by atoms with Crippen molar-refractivity contribution in [2.45, 2.75) is 143 Å². The van der Waals surface area contributed by atoms with Gasteiger partial charge in [-0.05, 0) is 131 Å². The number of methoxy groups -OCH3 is 2. The number of nitrogens with zero attached hydrogens (tertiary/aromatic N) is 4. The van der Waals surface area contributed by atoms with Crippen molar-refractivity contribution in [3.8, 4) is 23.0 Å². The molecule has 2 heterocycles. The molecule has 4 amide bonds. The molecular formula is C50H79FN4O12. The van der Waals surface area contributed by atoms with E-state index in [2.05, 4.69) is 0 Å². The monoisotopic (exact) mass is 947 g/mol. The smallest absolute Gasteiger partial charge is 0.410 e. The van der Waals surface area contributed by atoms with Gasteiger partial charge in [0.15, 0.2) is 23.0 Å². The molecule has 4 rings (SSSR count). The third kappa shape index (κ3) is 18.5. The van der Waals surface area contributed by atoms with Crippen LogP contribution in [0.5, 0.6) is 23.0 Å². The maximum absolute atomic E-state index is 13.7. The SMILES string of the molecule is COCCCOc1cc(C(=O)N(C(C)C)[C@@H]2CCCN(C(=O)OC(C)(C)C)C2)ccc1O.COCCCOc1cc(C(=O)N(C(C)C)[C@@H]2CCCN(C(=O)OC(C)(C)C)C2)ccc1OCCF. The van der Waals surface area contributed by atoms with E-state index < -0.39 is 17.9 Å². The highest BCUT2D eigenvalue weighted by Crippen LogP contribution is 2.32. The molecule has 0 aromatic heterocycles. The van der Waals surface area contributed by atoms with Crippen molar-refractivity contribution in [2.75, 3.05) is 80.1 Å². The molecule has 0 unspecified atom stereocenters. The zero-order valence-corrected chi connectivity index (χ0v) is 42.2. The number of carbonyl (C=O) groups excluding carboxylic acids is 4. The molecule has 0 bridgehead atoms. The topological polar surface area (TPSA) is 166 Å². The fourth-order valence-electron chi connectivity index (χ4n) is 7.85. The van der Waals surface area contributed by atoms with Gasteiger partial charge in [-0.25, -0.2) is 14.0 Å². The van der Waals surface area contributed by atoms with Gasteiger partial charge in [-0.3, -0.25) is 9.59 Å². The number of halogens is 1. The number of aromatic hydroxyl groups is 1. The lowest BCUT2D eigenvalue weighted by atomic mass is 10.0. The fraction of sp³-hybridized carbons (Fsp3) is 0.680. The number of alkyl halides is 1. The van der Waals surface area contributed by atoms with Gasteiger partial charge in [-0.15, -0.1) is 0 Å². The Labute approximate surface area is 398 Å². The summed E-state index contributed by atoms with van der Waals surface area (Å²) < 4.78 is 50.8. The Bertz CT molecular complexity index is 1870. The van der Waals surface area contributed by atoms with E-state index in [0.29, 0.717) is 88.1 Å². The molecule has 2 atom stereocenters. The van der Waals surface area contributed by atoms with Crippen LogP contribution in [0.3, 0.4) is 0 Å². The molecule has 0 radical (unpaired) electrons. The standard InChI is InChI=1S/C26H41FN2O6.C24H38N2O6/c1-19(2)29(21-9-7-13-28(18-21)25(31)35-26(3,4)5)24(30)20-10-11-22(34-16-12-27)23(17-20)33-15-8-14-32-6;1-17(2)26(19-9-7-12-25(16-19)23(29)32-24(3,4)5)22(28)18-10-11-20(27)21(15-18)31-14-8-13-30-6/h10-11,17,19,21H,7-9,12-16,18H2,1-6H3;10-11,15,17,19,27H,7-9,12-14,16H2,1-6H3/t21-;19-/m11/s1. The molecule has 2 aromatic carbocycles. The summed E-state index contributed by atoms with van der Waals surface area (Å²) in [6.45, 7) is 22.1. The van der Waals surface area contributed by atoms with Crippen molar-refractivity contribution < 1.29 is 61.8 Å². The highest BCUT2D eigenvalue weighted by Gasteiger charge is 2.36. The predicted molar refractivity (Wildman–Crippen MR) is 254 cm³/mol. The zero-order valence-electron chi connectivity index (χ0n) is 42.2. The van der Waals surface area contributed by atoms with Crippen LogP contribution >= 0.6 is 0 Å². The average Bonchev–Trinajstić information content (AvgIpc) is 3.25. The van der Waals surface area contributed by atoms with Crippen LogP contribution in [0.1, 0.15) is 128 Å². The first-order valence-corrected chi connectivity index (χ1v) is 23.6. The number of hydrogen-bond donors (Lipinski definition) is 1. The van der Waals surface area contributed by atoms with Gasteiger partial charge in [-0.2, -0.15) is 0 Å². The minimum absolute atomic E-state index is 0.0103. The van der Waals surface area contributed by atoms with E-state index in [1.54, 1.807) is 54.4 Å². The first-order valence-electron chi connectivity index (χ1n) is 23.6. The molecule has 378 valence electrons. The van der Waals surface area contributed by atoms with E-state index in [4.69, 9.17) is 33.2 Å². The van der Waals surface area contributed by atoms with Gasteiger partial charge < -0.3 is 57.9 Å². The Morgan fingerprint density at radius 3 is 1.48 bits per heavy atom. The lowest BCUT2D eigenvalue weighted by Crippen LogP contribution is -2.54. The molecule has 0 aliphatic carbocycles. The number of likely N-dealkylation sites (tertiary alicyclic amines) is 2. The number of phenolic OH excluding ortho intramolecular Hbond substituents is 1. The highest BCUT2D eigenvalue weighted by atomic mass is 19.1. The summed E-state index contributed by atoms with van der Waals surface area (Å²) in [5.74, 6) is 0.732. The van der Waals surface area contributed by atoms with Gasteiger partial charge in [0.1, 0.15) is 24.5 Å². The molecule has 0 spiro atoms. The summed E-state index contributed by atoms with van der Waals surface area (Å²) in [6.07, 6.45) is 3.80. The van der Waals surface area contributed by atoms with Gasteiger partial charge in [0.05, 0.1) is 25.3 Å². The maximum atomic E-state index is 13.7. The molecule has 17 heteroatoms. The van der Waals surface area contributed by atoms with Crippen LogP contribution in [0.25, 0.3) is 0 Å². The van der Waals surface area contributed by atoms with E-state index in [9.17, 15) is 28.7 Å². The number of amides is 4. The summed E-state index contributed by atoms with van der Waals surface area (Å²) in [7, 11) is 3.23. The third-order valence-corrected chi connectivity index (χ3v) is 10.7. The van der Waals surface area contributed by atoms with Gasteiger partial charge >= 0.3 is 12.2 Å². The summed E-state index contributed by atoms with van der Waals surface area (Å²) in [4.78, 5) is 59.3. The molecule has 16 nitrogen and oxygen atoms in total. The van der Waals surface area contributed by atoms with Crippen LogP contribution in [0, 0.1) is 0 Å². The van der Waals surface area contributed by atoms with E-state index in [0.717, 1.165) is 25.7 Å². The Morgan fingerprint density at radius 2 is 1.06 bits per heavy atom. The summed E-state index contributed by atoms with van der Waals surface area (Å²) in [5.41, 5.74) is -0.262. The summed E-state index contributed by atoms with van der Waals surface area (Å²) in [6, 6.07) is 9.20. The van der Waals surface area contributed by atoms with Crippen molar-refractivity contribution in [1.29, 1.82) is 0 Å². The number of ether oxygens (including phenoxy) is 7. The molecule has 2 fully saturated rings. The number of rotatable bonds is 19. The number of phenols is 1. The molecule has 2 aromatic rings. The first-order chi connectivity index (χ1) is 31.6. The second kappa shape index (κ2) is 27.1. The van der Waals surface area contributed by atoms with E-state index >= 15 is 0 Å². The summed E-state index contributed by atoms with van der Waals surface area (Å²) >= 11 is 0. The Morgan fingerprint density at radius 1 is 0.642 bits per heavy atom. The molecule has 1 N–H and O–H groups in total. The quantitative estimate of drug-likeness (QED) is 0.133. The molecule has 2 aliphatic heterocycles. The number of benzene rings is 2. The first kappa shape index (κ1) is 56.3. The Kier molecular flexibility index (Phi) is 22.8. The minimum Gasteiger partial charge on any atom is -0.504 e. The average molecular weight is 947 g/mol. The number of hydrogen-bond acceptors (Lipinski definition) is 12. The molecule has 0 saturated carbocycles. The van der Waals surface area contributed by atoms with Gasteiger partial charge in [0.2, 0.25) is 0 Å². The predicted octanol–water partition coefficient (Wildman–Crippen LogP) is 8.76. The Hall–Kier alpha value is -5.03. The van der Waals surface area contributed by atoms with Crippen LogP contribution < -0.4 is 14.2 Å². The van der Waals surface area contributed by atoms with Gasteiger partial charge in [-0.1, -0.05) is 0 Å². The van der Waals surface area contributed by atoms with Crippen molar-refractivity contribution in [1.82, 2.24) is 19.6 Å². The molecule has 67 heavy (non-hydrogen) atoms. The lowest BCUT2D eigenvalue weighted by molar-refractivity contribution is 0.00724. The Balaban J connectivity index is 0.000000357. The molecule has 2 saturated heterocycles. The largest absolute Gasteiger partial charge is 0.504 e. The van der Waals surface area contributed by atoms with Crippen molar-refractivity contribution in [3.63, 3.8) is 0 Å². The lowest BCUT2D eigenvalue weighted by Gasteiger charge is -2.41. The zero-order chi connectivity index (χ0) is 49.9. The number of carbonyl (C=O) groups is 4. The van der Waals surface area contributed by atoms with Crippen molar-refractivity contribution >= 4 is 24.0 Å². The van der Waals surface area contributed by atoms with Gasteiger partial charge in [0, 0.05) is 89.7 Å². The third-order valence-electron chi connectivity index (χ3n) is 10.7. The second-order valence-corrected chi connectivity index (χ2v) is 19.3. The van der Waals surface area contributed by atoms with Crippen LogP contribution in [-0.4, -0.2) is 164 Å². The highest BCUT2D eigenvalue weighted by molar-refractivity contribution is 5.96. The van der Waals surface area contributed by atoms with Gasteiger partial charge in [0.25, 0.3) is 11.8 Å². The van der Waals surface area contributed by atoms with E-state index in [1.165, 1.54) is 6.07 Å². The second-order valence-electron chi connectivity index (χ2n) is 19.3. The fourth-order valence-corrected chi connectivity index (χ4v) is 7.85. The van der Waals surface area contributed by atoms with Crippen LogP contribution in [0.2, 0.25) is 0 Å². The summed E-state index contributed by atoms with van der Waals surface area (Å²) in [5, 5.41) is 10.1. The van der Waals surface area contributed by atoms with Crippen molar-refractivity contribution in [3.05, 3.63) is 47.5 Å². The van der Waals surface area contributed by atoms with E-state index in [1.807, 2.05) is 79.0 Å².